The summed E-state index contributed by atoms with van der Waals surface area (Å²) < 4.78 is 5.18. The predicted molar refractivity (Wildman–Crippen MR) is 108 cm³/mol. The summed E-state index contributed by atoms with van der Waals surface area (Å²) in [6.45, 7) is 3.39. The van der Waals surface area contributed by atoms with E-state index < -0.39 is 4.92 Å². The van der Waals surface area contributed by atoms with Crippen LogP contribution in [0.4, 0.5) is 17.1 Å². The van der Waals surface area contributed by atoms with E-state index in [9.17, 15) is 14.9 Å². The maximum Gasteiger partial charge on any atom is 0.271 e. The van der Waals surface area contributed by atoms with Crippen LogP contribution < -0.4 is 15.0 Å². The number of rotatable bonds is 6. The molecule has 9 heteroatoms. The van der Waals surface area contributed by atoms with Crippen molar-refractivity contribution in [2.24, 2.45) is 0 Å². The van der Waals surface area contributed by atoms with Crippen molar-refractivity contribution in [3.05, 3.63) is 57.6 Å². The highest BCUT2D eigenvalue weighted by atomic mass is 35.5. The number of carbonyl (C=O) groups is 1. The highest BCUT2D eigenvalue weighted by molar-refractivity contribution is 6.34. The van der Waals surface area contributed by atoms with Crippen LogP contribution in [0.3, 0.4) is 0 Å². The van der Waals surface area contributed by atoms with Gasteiger partial charge in [0, 0.05) is 44.0 Å². The summed E-state index contributed by atoms with van der Waals surface area (Å²) in [5, 5.41) is 13.6. The monoisotopic (exact) mass is 404 g/mol. The van der Waals surface area contributed by atoms with Crippen LogP contribution in [0.2, 0.25) is 5.02 Å². The number of nitrogens with zero attached hydrogens (tertiary/aromatic N) is 3. The molecule has 3 rings (SSSR count). The molecule has 148 valence electrons. The lowest BCUT2D eigenvalue weighted by atomic mass is 10.2. The van der Waals surface area contributed by atoms with Crippen LogP contribution >= 0.6 is 11.6 Å². The fourth-order valence-electron chi connectivity index (χ4n) is 3.07. The number of hydrogen-bond donors (Lipinski definition) is 1. The SMILES string of the molecule is COc1ccc(N2CCN(CC(=O)Nc3ccc([N+](=O)[O-])cc3Cl)CC2)cc1. The molecule has 0 aliphatic carbocycles. The first-order valence-electron chi connectivity index (χ1n) is 8.81. The average molecular weight is 405 g/mol. The van der Waals surface area contributed by atoms with Gasteiger partial charge >= 0.3 is 0 Å². The lowest BCUT2D eigenvalue weighted by Crippen LogP contribution is -2.48. The second-order valence-corrected chi connectivity index (χ2v) is 6.84. The average Bonchev–Trinajstić information content (AvgIpc) is 2.70. The van der Waals surface area contributed by atoms with Gasteiger partial charge in [0.2, 0.25) is 5.91 Å². The Labute approximate surface area is 167 Å². The molecule has 1 N–H and O–H groups in total. The molecule has 0 atom stereocenters. The van der Waals surface area contributed by atoms with Gasteiger partial charge in [0.05, 0.1) is 29.3 Å². The van der Waals surface area contributed by atoms with Crippen molar-refractivity contribution in [2.45, 2.75) is 0 Å². The lowest BCUT2D eigenvalue weighted by molar-refractivity contribution is -0.384. The minimum Gasteiger partial charge on any atom is -0.497 e. The molecule has 2 aromatic rings. The van der Waals surface area contributed by atoms with E-state index >= 15 is 0 Å². The van der Waals surface area contributed by atoms with E-state index in [0.717, 1.165) is 37.6 Å². The Bertz CT molecular complexity index is 852. The van der Waals surface area contributed by atoms with E-state index in [1.54, 1.807) is 7.11 Å². The molecule has 0 unspecified atom stereocenters. The number of methoxy groups -OCH3 is 1. The molecule has 0 bridgehead atoms. The van der Waals surface area contributed by atoms with Crippen molar-refractivity contribution in [1.29, 1.82) is 0 Å². The Morgan fingerprint density at radius 1 is 1.18 bits per heavy atom. The molecule has 2 aromatic carbocycles. The van der Waals surface area contributed by atoms with Crippen LogP contribution in [0.25, 0.3) is 0 Å². The van der Waals surface area contributed by atoms with E-state index in [1.165, 1.54) is 18.2 Å². The summed E-state index contributed by atoms with van der Waals surface area (Å²) in [6.07, 6.45) is 0. The van der Waals surface area contributed by atoms with Crippen LogP contribution in [0.15, 0.2) is 42.5 Å². The van der Waals surface area contributed by atoms with E-state index in [-0.39, 0.29) is 23.2 Å². The van der Waals surface area contributed by atoms with Crippen LogP contribution in [0, 0.1) is 10.1 Å². The third-order valence-electron chi connectivity index (χ3n) is 4.61. The van der Waals surface area contributed by atoms with E-state index in [4.69, 9.17) is 16.3 Å². The first-order valence-corrected chi connectivity index (χ1v) is 9.19. The number of nitrogens with one attached hydrogen (secondary N) is 1. The van der Waals surface area contributed by atoms with Crippen LogP contribution in [-0.2, 0) is 4.79 Å². The second-order valence-electron chi connectivity index (χ2n) is 6.43. The van der Waals surface area contributed by atoms with Gasteiger partial charge in [-0.05, 0) is 30.3 Å². The number of hydrogen-bond acceptors (Lipinski definition) is 6. The van der Waals surface area contributed by atoms with Crippen molar-refractivity contribution in [3.63, 3.8) is 0 Å². The van der Waals surface area contributed by atoms with Gasteiger partial charge in [-0.15, -0.1) is 0 Å². The number of nitro groups is 1. The Hall–Kier alpha value is -2.84. The molecule has 1 amide bonds. The number of nitro benzene ring substituents is 1. The largest absolute Gasteiger partial charge is 0.497 e. The smallest absolute Gasteiger partial charge is 0.271 e. The molecule has 0 spiro atoms. The topological polar surface area (TPSA) is 88.0 Å². The van der Waals surface area contributed by atoms with Gasteiger partial charge in [-0.1, -0.05) is 11.6 Å². The standard InChI is InChI=1S/C19H21ClN4O4/c1-28-16-5-2-14(3-6-16)23-10-8-22(9-11-23)13-19(25)21-18-7-4-15(24(26)27)12-17(18)20/h2-7,12H,8-11,13H2,1H3,(H,21,25). The molecule has 1 saturated heterocycles. The lowest BCUT2D eigenvalue weighted by Gasteiger charge is -2.35. The summed E-state index contributed by atoms with van der Waals surface area (Å²) in [7, 11) is 1.64. The quantitative estimate of drug-likeness (QED) is 0.588. The Morgan fingerprint density at radius 2 is 1.86 bits per heavy atom. The minimum absolute atomic E-state index is 0.113. The summed E-state index contributed by atoms with van der Waals surface area (Å²) in [5.41, 5.74) is 1.38. The normalized spacial score (nSPS) is 14.6. The van der Waals surface area contributed by atoms with Crippen molar-refractivity contribution >= 4 is 34.6 Å². The van der Waals surface area contributed by atoms with Gasteiger partial charge in [0.25, 0.3) is 5.69 Å². The molecule has 0 aromatic heterocycles. The summed E-state index contributed by atoms with van der Waals surface area (Å²) in [6, 6.07) is 11.9. The third-order valence-corrected chi connectivity index (χ3v) is 4.93. The summed E-state index contributed by atoms with van der Waals surface area (Å²) in [4.78, 5) is 26.9. The molecular weight excluding hydrogens is 384 g/mol. The predicted octanol–water partition coefficient (Wildman–Crippen LogP) is 3.02. The fourth-order valence-corrected chi connectivity index (χ4v) is 3.29. The molecule has 0 saturated carbocycles. The Morgan fingerprint density at radius 3 is 2.43 bits per heavy atom. The van der Waals surface area contributed by atoms with Crippen molar-refractivity contribution in [1.82, 2.24) is 4.90 Å². The minimum atomic E-state index is -0.528. The van der Waals surface area contributed by atoms with Gasteiger partial charge in [-0.2, -0.15) is 0 Å². The first kappa shape index (κ1) is 19.9. The summed E-state index contributed by atoms with van der Waals surface area (Å²) in [5.74, 6) is 0.623. The number of benzene rings is 2. The molecule has 1 fully saturated rings. The number of amides is 1. The number of non-ortho nitro benzene ring substituents is 1. The molecule has 1 aliphatic rings. The Kier molecular flexibility index (Phi) is 6.33. The number of piperazine rings is 1. The van der Waals surface area contributed by atoms with E-state index in [2.05, 4.69) is 15.1 Å². The maximum atomic E-state index is 12.3. The molecule has 28 heavy (non-hydrogen) atoms. The zero-order chi connectivity index (χ0) is 20.1. The number of carbonyl (C=O) groups excluding carboxylic acids is 1. The first-order chi connectivity index (χ1) is 13.5. The van der Waals surface area contributed by atoms with Crippen LogP contribution in [0.1, 0.15) is 0 Å². The summed E-state index contributed by atoms with van der Waals surface area (Å²) >= 11 is 6.02. The van der Waals surface area contributed by atoms with Gasteiger partial charge < -0.3 is 15.0 Å². The number of ether oxygens (including phenoxy) is 1. The third kappa shape index (κ3) is 4.90. The maximum absolute atomic E-state index is 12.3. The Balaban J connectivity index is 1.50. The van der Waals surface area contributed by atoms with Gasteiger partial charge in [-0.25, -0.2) is 0 Å². The van der Waals surface area contributed by atoms with Gasteiger partial charge in [0.1, 0.15) is 5.75 Å². The van der Waals surface area contributed by atoms with Crippen LogP contribution in [-0.4, -0.2) is 55.6 Å². The zero-order valence-corrected chi connectivity index (χ0v) is 16.2. The van der Waals surface area contributed by atoms with E-state index in [0.29, 0.717) is 5.69 Å². The fraction of sp³-hybridized carbons (Fsp3) is 0.316. The highest BCUT2D eigenvalue weighted by Gasteiger charge is 2.20. The zero-order valence-electron chi connectivity index (χ0n) is 15.4. The highest BCUT2D eigenvalue weighted by Crippen LogP contribution is 2.26. The molecule has 0 radical (unpaired) electrons. The molecule has 8 nitrogen and oxygen atoms in total. The van der Waals surface area contributed by atoms with Gasteiger partial charge in [0.15, 0.2) is 0 Å². The molecule has 1 heterocycles. The van der Waals surface area contributed by atoms with Crippen molar-refractivity contribution in [2.75, 3.05) is 50.1 Å². The second kappa shape index (κ2) is 8.90. The van der Waals surface area contributed by atoms with Crippen molar-refractivity contribution in [3.8, 4) is 5.75 Å². The molecular formula is C19H21ClN4O4. The number of halogens is 1. The number of anilines is 2. The van der Waals surface area contributed by atoms with Crippen molar-refractivity contribution < 1.29 is 14.5 Å². The van der Waals surface area contributed by atoms with E-state index in [1.807, 2.05) is 24.3 Å². The van der Waals surface area contributed by atoms with Gasteiger partial charge in [-0.3, -0.25) is 19.8 Å². The van der Waals surface area contributed by atoms with Crippen LogP contribution in [0.5, 0.6) is 5.75 Å². The molecule has 1 aliphatic heterocycles.